The Labute approximate surface area is 271 Å². The van der Waals surface area contributed by atoms with Gasteiger partial charge in [-0.25, -0.2) is 22.8 Å². The number of rotatable bonds is 14. The minimum atomic E-state index is -4.21. The summed E-state index contributed by atoms with van der Waals surface area (Å²) in [4.78, 5) is 16.8. The van der Waals surface area contributed by atoms with Gasteiger partial charge in [-0.05, 0) is 107 Å². The minimum Gasteiger partial charge on any atom is -0.494 e. The highest BCUT2D eigenvalue weighted by atomic mass is 35.5. The van der Waals surface area contributed by atoms with E-state index in [0.717, 1.165) is 25.8 Å². The first-order valence-corrected chi connectivity index (χ1v) is 17.0. The van der Waals surface area contributed by atoms with E-state index in [2.05, 4.69) is 29.2 Å². The number of carbonyl (C=O) groups excluding carboxylic acids is 1. The number of nitrogens with one attached hydrogen (secondary N) is 2. The molecule has 3 aromatic rings. The number of hydrogen-bond acceptors (Lipinski definition) is 8. The summed E-state index contributed by atoms with van der Waals surface area (Å²) in [5.74, 6) is -1.05. The van der Waals surface area contributed by atoms with Crippen LogP contribution in [0.25, 0.3) is 5.82 Å². The van der Waals surface area contributed by atoms with Crippen LogP contribution in [0.2, 0.25) is 5.15 Å². The Bertz CT molecular complexity index is 1630. The quantitative estimate of drug-likeness (QED) is 0.158. The van der Waals surface area contributed by atoms with Crippen LogP contribution in [-0.4, -0.2) is 60.6 Å². The molecule has 2 aromatic heterocycles. The van der Waals surface area contributed by atoms with Crippen molar-refractivity contribution in [1.29, 1.82) is 0 Å². The van der Waals surface area contributed by atoms with E-state index in [1.54, 1.807) is 12.1 Å². The van der Waals surface area contributed by atoms with E-state index >= 15 is 0 Å². The first kappa shape index (κ1) is 34.0. The van der Waals surface area contributed by atoms with Crippen LogP contribution < -0.4 is 19.5 Å². The third-order valence-electron chi connectivity index (χ3n) is 8.26. The van der Waals surface area contributed by atoms with Crippen molar-refractivity contribution in [1.82, 2.24) is 24.8 Å². The largest absolute Gasteiger partial charge is 0.494 e. The van der Waals surface area contributed by atoms with Crippen molar-refractivity contribution in [2.24, 2.45) is 17.8 Å². The van der Waals surface area contributed by atoms with Crippen LogP contribution in [0.4, 0.5) is 13.2 Å². The van der Waals surface area contributed by atoms with Gasteiger partial charge in [0.2, 0.25) is 5.88 Å². The minimum absolute atomic E-state index is 0.0865. The first-order valence-electron chi connectivity index (χ1n) is 15.2. The molecule has 0 radical (unpaired) electrons. The smallest absolute Gasteiger partial charge is 0.392 e. The van der Waals surface area contributed by atoms with Crippen LogP contribution in [0, 0.1) is 17.8 Å². The summed E-state index contributed by atoms with van der Waals surface area (Å²) < 4.78 is 78.3. The van der Waals surface area contributed by atoms with E-state index in [9.17, 15) is 26.4 Å². The maximum atomic E-state index is 12.9. The summed E-state index contributed by atoms with van der Waals surface area (Å²) in [7, 11) is -4.21. The highest BCUT2D eigenvalue weighted by molar-refractivity contribution is 7.90. The van der Waals surface area contributed by atoms with Gasteiger partial charge in [0.25, 0.3) is 15.9 Å². The van der Waals surface area contributed by atoms with E-state index in [-0.39, 0.29) is 52.3 Å². The van der Waals surface area contributed by atoms with Crippen LogP contribution in [0.15, 0.2) is 53.6 Å². The zero-order chi connectivity index (χ0) is 33.1. The van der Waals surface area contributed by atoms with Gasteiger partial charge in [-0.3, -0.25) is 4.79 Å². The van der Waals surface area contributed by atoms with Gasteiger partial charge in [-0.15, -0.1) is 5.10 Å². The average Bonchev–Trinajstić information content (AvgIpc) is 3.49. The Morgan fingerprint density at radius 1 is 1.09 bits per heavy atom. The fourth-order valence-corrected chi connectivity index (χ4v) is 6.88. The fraction of sp³-hybridized carbons (Fsp3) is 0.516. The molecule has 1 saturated carbocycles. The summed E-state index contributed by atoms with van der Waals surface area (Å²) in [6, 6.07) is 10.0. The molecule has 15 heteroatoms. The topological polar surface area (TPSA) is 124 Å². The number of carbonyl (C=O) groups is 1. The lowest BCUT2D eigenvalue weighted by Crippen LogP contribution is -2.31. The van der Waals surface area contributed by atoms with Crippen LogP contribution in [0.5, 0.6) is 11.6 Å². The van der Waals surface area contributed by atoms with Gasteiger partial charge in [0.15, 0.2) is 5.82 Å². The normalized spacial score (nSPS) is 20.8. The highest BCUT2D eigenvalue weighted by Gasteiger charge is 2.55. The number of aromatic nitrogens is 3. The summed E-state index contributed by atoms with van der Waals surface area (Å²) in [6.07, 6.45) is 1.97. The van der Waals surface area contributed by atoms with E-state index in [1.165, 1.54) is 47.6 Å². The molecule has 5 rings (SSSR count). The second-order valence-electron chi connectivity index (χ2n) is 12.5. The second-order valence-corrected chi connectivity index (χ2v) is 14.5. The van der Waals surface area contributed by atoms with Crippen molar-refractivity contribution >= 4 is 27.5 Å². The van der Waals surface area contributed by atoms with Gasteiger partial charge in [-0.1, -0.05) is 11.6 Å². The molecular formula is C31H37ClF3N5O5S. The summed E-state index contributed by atoms with van der Waals surface area (Å²) in [5, 5.41) is 7.45. The summed E-state index contributed by atoms with van der Waals surface area (Å²) in [6.45, 7) is 6.08. The van der Waals surface area contributed by atoms with Gasteiger partial charge in [-0.2, -0.15) is 13.2 Å². The highest BCUT2D eigenvalue weighted by Crippen LogP contribution is 2.51. The van der Waals surface area contributed by atoms with Crippen LogP contribution in [-0.2, 0) is 10.0 Å². The molecule has 1 aliphatic heterocycles. The number of nitrogens with zero attached hydrogens (tertiary/aromatic N) is 3. The Balaban J connectivity index is 1.08. The molecule has 0 bridgehead atoms. The van der Waals surface area contributed by atoms with Gasteiger partial charge in [0, 0.05) is 17.8 Å². The van der Waals surface area contributed by atoms with Crippen molar-refractivity contribution in [3.63, 3.8) is 0 Å². The number of pyridine rings is 1. The second kappa shape index (κ2) is 13.8. The third kappa shape index (κ3) is 8.91. The molecule has 2 N–H and O–H groups in total. The molecule has 3 heterocycles. The molecule has 0 spiro atoms. The van der Waals surface area contributed by atoms with Gasteiger partial charge in [0.05, 0.1) is 29.6 Å². The molecule has 46 heavy (non-hydrogen) atoms. The molecule has 1 aliphatic carbocycles. The van der Waals surface area contributed by atoms with Crippen molar-refractivity contribution in [3.05, 3.63) is 59.4 Å². The lowest BCUT2D eigenvalue weighted by molar-refractivity contribution is -0.151. The van der Waals surface area contributed by atoms with Crippen LogP contribution in [0.1, 0.15) is 62.7 Å². The van der Waals surface area contributed by atoms with Crippen molar-refractivity contribution in [2.45, 2.75) is 69.0 Å². The number of benzene rings is 1. The Morgan fingerprint density at radius 3 is 2.50 bits per heavy atom. The number of hydrogen-bond donors (Lipinski definition) is 2. The predicted octanol–water partition coefficient (Wildman–Crippen LogP) is 5.94. The number of unbranched alkanes of at least 4 members (excludes halogenated alkanes) is 1. The lowest BCUT2D eigenvalue weighted by Gasteiger charge is -2.17. The fourth-order valence-electron chi connectivity index (χ4n) is 5.68. The lowest BCUT2D eigenvalue weighted by atomic mass is 9.93. The molecular weight excluding hydrogens is 647 g/mol. The van der Waals surface area contributed by atoms with Crippen LogP contribution in [0.3, 0.4) is 0 Å². The standard InChI is InChI=1S/C31H37ClF3N5O5S/c1-30(2)18-20(19-36-30)5-3-4-15-44-22-6-8-23(9-7-22)46(42,43)39-29(41)24-10-11-26(37-28(24)32)40-14-12-27(38-40)45-16-13-21-17-25(21)31(33,34)35/h6-12,14,20-21,25,36H,3-5,13,15-19H2,1-2H3,(H,39,41). The monoisotopic (exact) mass is 683 g/mol. The van der Waals surface area contributed by atoms with E-state index in [1.807, 2.05) is 4.72 Å². The predicted molar refractivity (Wildman–Crippen MR) is 165 cm³/mol. The maximum Gasteiger partial charge on any atom is 0.392 e. The third-order valence-corrected chi connectivity index (χ3v) is 9.90. The molecule has 250 valence electrons. The molecule has 10 nitrogen and oxygen atoms in total. The number of alkyl halides is 3. The van der Waals surface area contributed by atoms with Gasteiger partial charge in [0.1, 0.15) is 10.9 Å². The molecule has 2 fully saturated rings. The zero-order valence-corrected chi connectivity index (χ0v) is 27.1. The Hall–Kier alpha value is -3.36. The molecule has 2 aliphatic rings. The number of ether oxygens (including phenoxy) is 2. The van der Waals surface area contributed by atoms with Gasteiger partial charge >= 0.3 is 6.18 Å². The Morgan fingerprint density at radius 2 is 1.85 bits per heavy atom. The SMILES string of the molecule is CC1(C)CC(CCCCOc2ccc(S(=O)(=O)NC(=O)c3ccc(-n4ccc(OCCC5CC5C(F)(F)F)n4)nc3Cl)cc2)CN1. The van der Waals surface area contributed by atoms with Crippen molar-refractivity contribution < 1.29 is 35.9 Å². The molecule has 3 atom stereocenters. The molecule has 1 amide bonds. The molecule has 3 unspecified atom stereocenters. The number of sulfonamides is 1. The number of halogens is 4. The summed E-state index contributed by atoms with van der Waals surface area (Å²) in [5.41, 5.74) is 0.0359. The van der Waals surface area contributed by atoms with E-state index < -0.39 is 33.9 Å². The van der Waals surface area contributed by atoms with Crippen molar-refractivity contribution in [3.8, 4) is 17.4 Å². The molecule has 1 saturated heterocycles. The van der Waals surface area contributed by atoms with Crippen LogP contribution >= 0.6 is 11.6 Å². The zero-order valence-electron chi connectivity index (χ0n) is 25.5. The Kier molecular flexibility index (Phi) is 10.2. The average molecular weight is 684 g/mol. The summed E-state index contributed by atoms with van der Waals surface area (Å²) >= 11 is 6.22. The molecule has 1 aromatic carbocycles. The van der Waals surface area contributed by atoms with Gasteiger partial charge < -0.3 is 14.8 Å². The first-order chi connectivity index (χ1) is 21.7. The maximum absolute atomic E-state index is 12.9. The van der Waals surface area contributed by atoms with Crippen molar-refractivity contribution in [2.75, 3.05) is 19.8 Å². The van der Waals surface area contributed by atoms with E-state index in [0.29, 0.717) is 18.3 Å². The number of amides is 1. The van der Waals surface area contributed by atoms with E-state index in [4.69, 9.17) is 21.1 Å².